The minimum atomic E-state index is -1.05. The van der Waals surface area contributed by atoms with Crippen molar-refractivity contribution < 1.29 is 9.90 Å². The van der Waals surface area contributed by atoms with Gasteiger partial charge in [0, 0.05) is 24.6 Å². The van der Waals surface area contributed by atoms with Gasteiger partial charge in [-0.25, -0.2) is 4.79 Å². The fraction of sp³-hybridized carbons (Fsp3) is 0.500. The van der Waals surface area contributed by atoms with E-state index < -0.39 is 5.97 Å². The first-order valence-electron chi connectivity index (χ1n) is 5.27. The Kier molecular flexibility index (Phi) is 6.34. The maximum Gasteiger partial charge on any atom is 0.358 e. The Hall–Kier alpha value is -1.34. The minimum absolute atomic E-state index is 0.0217. The molecule has 1 heterocycles. The number of hydrogen-bond donors (Lipinski definition) is 2. The summed E-state index contributed by atoms with van der Waals surface area (Å²) in [6.07, 6.45) is 3.31. The van der Waals surface area contributed by atoms with E-state index in [9.17, 15) is 4.79 Å². The first-order valence-corrected chi connectivity index (χ1v) is 6.42. The van der Waals surface area contributed by atoms with Gasteiger partial charge in [0.15, 0.2) is 5.69 Å². The number of rotatable bonds is 9. The molecule has 0 spiro atoms. The SMILES string of the molecule is C=CCSCCNCCn1cc(C(=O)O)nn1. The van der Waals surface area contributed by atoms with Crippen LogP contribution in [0.25, 0.3) is 0 Å². The Morgan fingerprint density at radius 3 is 3.12 bits per heavy atom. The minimum Gasteiger partial charge on any atom is -0.476 e. The Morgan fingerprint density at radius 2 is 2.47 bits per heavy atom. The monoisotopic (exact) mass is 256 g/mol. The van der Waals surface area contributed by atoms with Crippen molar-refractivity contribution in [3.8, 4) is 0 Å². The van der Waals surface area contributed by atoms with Gasteiger partial charge in [0.25, 0.3) is 0 Å². The zero-order chi connectivity index (χ0) is 12.5. The third-order valence-electron chi connectivity index (χ3n) is 1.93. The summed E-state index contributed by atoms with van der Waals surface area (Å²) in [4.78, 5) is 10.5. The van der Waals surface area contributed by atoms with E-state index in [1.165, 1.54) is 10.9 Å². The van der Waals surface area contributed by atoms with E-state index in [1.807, 2.05) is 17.8 Å². The summed E-state index contributed by atoms with van der Waals surface area (Å²) in [6, 6.07) is 0. The molecule has 0 amide bonds. The molecule has 1 aromatic rings. The molecule has 7 heteroatoms. The summed E-state index contributed by atoms with van der Waals surface area (Å²) in [7, 11) is 0. The molecule has 0 unspecified atom stereocenters. The number of carbonyl (C=O) groups is 1. The summed E-state index contributed by atoms with van der Waals surface area (Å²) < 4.78 is 1.52. The van der Waals surface area contributed by atoms with Gasteiger partial charge in [-0.3, -0.25) is 4.68 Å². The van der Waals surface area contributed by atoms with Gasteiger partial charge < -0.3 is 10.4 Å². The smallest absolute Gasteiger partial charge is 0.358 e. The van der Waals surface area contributed by atoms with E-state index >= 15 is 0 Å². The second-order valence-electron chi connectivity index (χ2n) is 3.29. The quantitative estimate of drug-likeness (QED) is 0.494. The Morgan fingerprint density at radius 1 is 1.65 bits per heavy atom. The van der Waals surface area contributed by atoms with E-state index in [4.69, 9.17) is 5.11 Å². The number of carboxylic acid groups (broad SMARTS) is 1. The van der Waals surface area contributed by atoms with Gasteiger partial charge >= 0.3 is 5.97 Å². The van der Waals surface area contributed by atoms with Gasteiger partial charge in [-0.15, -0.1) is 11.7 Å². The van der Waals surface area contributed by atoms with Crippen molar-refractivity contribution in [3.63, 3.8) is 0 Å². The molecular weight excluding hydrogens is 240 g/mol. The molecule has 0 saturated carbocycles. The lowest BCUT2D eigenvalue weighted by molar-refractivity contribution is 0.0690. The Balaban J connectivity index is 2.09. The summed E-state index contributed by atoms with van der Waals surface area (Å²) in [5.74, 6) is 0.946. The van der Waals surface area contributed by atoms with Crippen molar-refractivity contribution in [1.29, 1.82) is 0 Å². The molecule has 0 bridgehead atoms. The molecule has 0 aliphatic rings. The maximum absolute atomic E-state index is 10.5. The van der Waals surface area contributed by atoms with Crippen molar-refractivity contribution in [2.45, 2.75) is 6.54 Å². The highest BCUT2D eigenvalue weighted by molar-refractivity contribution is 7.99. The topological polar surface area (TPSA) is 80.0 Å². The molecule has 0 fully saturated rings. The number of nitrogens with zero attached hydrogens (tertiary/aromatic N) is 3. The number of hydrogen-bond acceptors (Lipinski definition) is 5. The summed E-state index contributed by atoms with van der Waals surface area (Å²) >= 11 is 1.81. The van der Waals surface area contributed by atoms with Crippen LogP contribution in [0.4, 0.5) is 0 Å². The zero-order valence-corrected chi connectivity index (χ0v) is 10.3. The van der Waals surface area contributed by atoms with Crippen LogP contribution in [-0.2, 0) is 6.54 Å². The highest BCUT2D eigenvalue weighted by atomic mass is 32.2. The van der Waals surface area contributed by atoms with Crippen LogP contribution in [0.3, 0.4) is 0 Å². The van der Waals surface area contributed by atoms with Crippen molar-refractivity contribution in [3.05, 3.63) is 24.5 Å². The molecule has 17 heavy (non-hydrogen) atoms. The Bertz CT molecular complexity index is 367. The van der Waals surface area contributed by atoms with Gasteiger partial charge in [-0.1, -0.05) is 11.3 Å². The van der Waals surface area contributed by atoms with Crippen molar-refractivity contribution in [2.75, 3.05) is 24.6 Å². The molecule has 94 valence electrons. The van der Waals surface area contributed by atoms with Crippen LogP contribution in [0.1, 0.15) is 10.5 Å². The molecular formula is C10H16N4O2S. The van der Waals surface area contributed by atoms with Gasteiger partial charge in [0.2, 0.25) is 0 Å². The van der Waals surface area contributed by atoms with Crippen LogP contribution in [-0.4, -0.2) is 50.7 Å². The van der Waals surface area contributed by atoms with Crippen LogP contribution >= 0.6 is 11.8 Å². The standard InChI is InChI=1S/C10H16N4O2S/c1-2-6-17-7-4-11-3-5-14-8-9(10(15)16)12-13-14/h2,8,11H,1,3-7H2,(H,15,16). The lowest BCUT2D eigenvalue weighted by atomic mass is 10.5. The third kappa shape index (κ3) is 5.50. The molecule has 0 aromatic carbocycles. The van der Waals surface area contributed by atoms with Gasteiger partial charge in [0.1, 0.15) is 0 Å². The first-order chi connectivity index (χ1) is 8.24. The molecule has 0 aliphatic carbocycles. The Labute approximate surface area is 104 Å². The zero-order valence-electron chi connectivity index (χ0n) is 9.50. The molecule has 6 nitrogen and oxygen atoms in total. The van der Waals surface area contributed by atoms with Crippen molar-refractivity contribution >= 4 is 17.7 Å². The summed E-state index contributed by atoms with van der Waals surface area (Å²) in [5, 5.41) is 19.1. The number of aromatic nitrogens is 3. The number of aromatic carboxylic acids is 1. The van der Waals surface area contributed by atoms with Gasteiger partial charge in [0.05, 0.1) is 12.7 Å². The first kappa shape index (κ1) is 13.7. The number of nitrogens with one attached hydrogen (secondary N) is 1. The molecule has 0 aliphatic heterocycles. The summed E-state index contributed by atoms with van der Waals surface area (Å²) in [6.45, 7) is 5.92. The van der Waals surface area contributed by atoms with Crippen molar-refractivity contribution in [2.24, 2.45) is 0 Å². The van der Waals surface area contributed by atoms with E-state index in [2.05, 4.69) is 22.2 Å². The predicted molar refractivity (Wildman–Crippen MR) is 67.4 cm³/mol. The van der Waals surface area contributed by atoms with Crippen LogP contribution in [0, 0.1) is 0 Å². The number of carboxylic acids is 1. The van der Waals surface area contributed by atoms with Crippen LogP contribution in [0.5, 0.6) is 0 Å². The lowest BCUT2D eigenvalue weighted by Crippen LogP contribution is -2.22. The van der Waals surface area contributed by atoms with Crippen LogP contribution in [0.15, 0.2) is 18.9 Å². The number of thioether (sulfide) groups is 1. The molecule has 0 radical (unpaired) electrons. The van der Waals surface area contributed by atoms with E-state index in [-0.39, 0.29) is 5.69 Å². The molecule has 1 rings (SSSR count). The lowest BCUT2D eigenvalue weighted by Gasteiger charge is -2.03. The highest BCUT2D eigenvalue weighted by Crippen LogP contribution is 1.97. The fourth-order valence-electron chi connectivity index (χ4n) is 1.14. The average molecular weight is 256 g/mol. The normalized spacial score (nSPS) is 10.4. The maximum atomic E-state index is 10.5. The van der Waals surface area contributed by atoms with Crippen LogP contribution < -0.4 is 5.32 Å². The largest absolute Gasteiger partial charge is 0.476 e. The van der Waals surface area contributed by atoms with E-state index in [0.717, 1.165) is 24.6 Å². The summed E-state index contributed by atoms with van der Waals surface area (Å²) in [5.41, 5.74) is -0.0217. The second kappa shape index (κ2) is 7.86. The second-order valence-corrected chi connectivity index (χ2v) is 4.44. The van der Waals surface area contributed by atoms with Gasteiger partial charge in [-0.2, -0.15) is 11.8 Å². The fourth-order valence-corrected chi connectivity index (χ4v) is 1.76. The molecule has 1 aromatic heterocycles. The highest BCUT2D eigenvalue weighted by Gasteiger charge is 2.07. The molecule has 0 atom stereocenters. The predicted octanol–water partition coefficient (Wildman–Crippen LogP) is 0.485. The van der Waals surface area contributed by atoms with Crippen molar-refractivity contribution in [1.82, 2.24) is 20.3 Å². The van der Waals surface area contributed by atoms with E-state index in [1.54, 1.807) is 0 Å². The molecule has 2 N–H and O–H groups in total. The average Bonchev–Trinajstić information content (AvgIpc) is 2.77. The van der Waals surface area contributed by atoms with E-state index in [0.29, 0.717) is 6.54 Å². The van der Waals surface area contributed by atoms with Gasteiger partial charge in [-0.05, 0) is 0 Å². The third-order valence-corrected chi connectivity index (χ3v) is 2.90. The molecule has 0 saturated heterocycles. The van der Waals surface area contributed by atoms with Crippen LogP contribution in [0.2, 0.25) is 0 Å².